The van der Waals surface area contributed by atoms with Crippen LogP contribution >= 0.6 is 0 Å². The number of benzene rings is 1. The molecule has 0 aliphatic heterocycles. The van der Waals surface area contributed by atoms with E-state index in [1.807, 2.05) is 46.0 Å². The summed E-state index contributed by atoms with van der Waals surface area (Å²) in [5, 5.41) is 6.64. The van der Waals surface area contributed by atoms with Crippen LogP contribution in [-0.4, -0.2) is 41.6 Å². The van der Waals surface area contributed by atoms with E-state index in [2.05, 4.69) is 15.6 Å². The lowest BCUT2D eigenvalue weighted by molar-refractivity contribution is -0.139. The molecule has 28 heavy (non-hydrogen) atoms. The highest BCUT2D eigenvalue weighted by atomic mass is 16.2. The number of carbonyl (C=O) groups excluding carboxylic acids is 3. The van der Waals surface area contributed by atoms with Crippen molar-refractivity contribution in [1.82, 2.24) is 15.6 Å². The van der Waals surface area contributed by atoms with Crippen LogP contribution in [-0.2, 0) is 16.0 Å². The number of Topliss-reactive ketones (excluding diaryl/α,β-unsaturated/α-hetero) is 2. The first-order chi connectivity index (χ1) is 13.4. The molecule has 6 heteroatoms. The highest BCUT2D eigenvalue weighted by Gasteiger charge is 2.24. The topological polar surface area (TPSA) is 91.1 Å². The summed E-state index contributed by atoms with van der Waals surface area (Å²) >= 11 is 0. The molecule has 6 nitrogen and oxygen atoms in total. The molecule has 1 aromatic heterocycles. The minimum atomic E-state index is -0.561. The number of rotatable bonds is 9. The Balaban J connectivity index is 0.00000190. The summed E-state index contributed by atoms with van der Waals surface area (Å²) in [4.78, 5) is 39.2. The SMILES string of the molecule is CC.CCCC(NC)C(=O)C(=O)NC(C)Cc1c[nH]c2ccc(C(C)=O)cc12. The zero-order valence-electron chi connectivity index (χ0n) is 17.8. The third-order valence-corrected chi connectivity index (χ3v) is 4.54. The highest BCUT2D eigenvalue weighted by molar-refractivity contribution is 6.38. The first kappa shape index (κ1) is 23.6. The van der Waals surface area contributed by atoms with Gasteiger partial charge in [0.2, 0.25) is 5.78 Å². The van der Waals surface area contributed by atoms with Crippen LogP contribution in [0.5, 0.6) is 0 Å². The first-order valence-electron chi connectivity index (χ1n) is 10.00. The van der Waals surface area contributed by atoms with Gasteiger partial charge in [0, 0.05) is 28.7 Å². The van der Waals surface area contributed by atoms with Crippen LogP contribution in [0.4, 0.5) is 0 Å². The summed E-state index contributed by atoms with van der Waals surface area (Å²) in [5.74, 6) is -0.978. The zero-order chi connectivity index (χ0) is 21.3. The van der Waals surface area contributed by atoms with Crippen LogP contribution in [0.1, 0.15) is 63.4 Å². The summed E-state index contributed by atoms with van der Waals surface area (Å²) < 4.78 is 0. The first-order valence-corrected chi connectivity index (χ1v) is 10.00. The van der Waals surface area contributed by atoms with Crippen molar-refractivity contribution in [1.29, 1.82) is 0 Å². The Morgan fingerprint density at radius 1 is 1.18 bits per heavy atom. The van der Waals surface area contributed by atoms with Gasteiger partial charge < -0.3 is 15.6 Å². The molecule has 0 aliphatic carbocycles. The van der Waals surface area contributed by atoms with Crippen LogP contribution in [0, 0.1) is 0 Å². The van der Waals surface area contributed by atoms with E-state index in [4.69, 9.17) is 0 Å². The molecule has 1 heterocycles. The van der Waals surface area contributed by atoms with Gasteiger partial charge in [-0.2, -0.15) is 0 Å². The molecule has 0 saturated carbocycles. The number of likely N-dealkylation sites (N-methyl/N-ethyl adjacent to an activating group) is 1. The second-order valence-electron chi connectivity index (χ2n) is 6.70. The number of carbonyl (C=O) groups is 3. The number of aromatic amines is 1. The zero-order valence-corrected chi connectivity index (χ0v) is 17.8. The molecular formula is C22H33N3O3. The van der Waals surface area contributed by atoms with Crippen LogP contribution < -0.4 is 10.6 Å². The lowest BCUT2D eigenvalue weighted by Gasteiger charge is -2.17. The smallest absolute Gasteiger partial charge is 0.289 e. The van der Waals surface area contributed by atoms with E-state index in [-0.39, 0.29) is 11.8 Å². The monoisotopic (exact) mass is 387 g/mol. The number of ketones is 2. The van der Waals surface area contributed by atoms with Crippen molar-refractivity contribution in [2.45, 2.75) is 66.0 Å². The normalized spacial score (nSPS) is 12.6. The van der Waals surface area contributed by atoms with Crippen molar-refractivity contribution in [2.24, 2.45) is 0 Å². The van der Waals surface area contributed by atoms with Gasteiger partial charge in [-0.3, -0.25) is 14.4 Å². The van der Waals surface area contributed by atoms with Gasteiger partial charge in [0.1, 0.15) is 0 Å². The Bertz CT molecular complexity index is 810. The molecule has 2 atom stereocenters. The standard InChI is InChI=1S/C20H27N3O3.C2H6/c1-5-6-18(21-4)19(25)20(26)23-12(2)9-15-11-22-17-8-7-14(13(3)24)10-16(15)17;1-2/h7-8,10-12,18,21-22H,5-6,9H2,1-4H3,(H,23,26);1-2H3. The van der Waals surface area contributed by atoms with E-state index >= 15 is 0 Å². The molecule has 0 saturated heterocycles. The van der Waals surface area contributed by atoms with E-state index in [1.165, 1.54) is 6.92 Å². The highest BCUT2D eigenvalue weighted by Crippen LogP contribution is 2.21. The summed E-state index contributed by atoms with van der Waals surface area (Å²) in [5.41, 5.74) is 2.60. The molecule has 154 valence electrons. The van der Waals surface area contributed by atoms with Gasteiger partial charge in [-0.25, -0.2) is 0 Å². The van der Waals surface area contributed by atoms with E-state index in [1.54, 1.807) is 13.1 Å². The summed E-state index contributed by atoms with van der Waals surface area (Å²) in [6.45, 7) is 9.38. The third-order valence-electron chi connectivity index (χ3n) is 4.54. The summed E-state index contributed by atoms with van der Waals surface area (Å²) in [6.07, 6.45) is 3.91. The lowest BCUT2D eigenvalue weighted by atomic mass is 10.0. The minimum Gasteiger partial charge on any atom is -0.361 e. The van der Waals surface area contributed by atoms with Gasteiger partial charge in [0.05, 0.1) is 6.04 Å². The second-order valence-corrected chi connectivity index (χ2v) is 6.70. The maximum atomic E-state index is 12.2. The molecular weight excluding hydrogens is 354 g/mol. The third kappa shape index (κ3) is 6.02. The molecule has 1 amide bonds. The van der Waals surface area contributed by atoms with E-state index in [0.29, 0.717) is 18.4 Å². The Morgan fingerprint density at radius 3 is 2.43 bits per heavy atom. The minimum absolute atomic E-state index is 0.0139. The van der Waals surface area contributed by atoms with Gasteiger partial charge in [0.25, 0.3) is 5.91 Å². The molecule has 3 N–H and O–H groups in total. The van der Waals surface area contributed by atoms with Crippen molar-refractivity contribution in [3.05, 3.63) is 35.5 Å². The van der Waals surface area contributed by atoms with Crippen molar-refractivity contribution in [2.75, 3.05) is 7.05 Å². The molecule has 2 unspecified atom stereocenters. The largest absolute Gasteiger partial charge is 0.361 e. The maximum absolute atomic E-state index is 12.2. The fraction of sp³-hybridized carbons (Fsp3) is 0.500. The molecule has 2 rings (SSSR count). The van der Waals surface area contributed by atoms with Crippen LogP contribution in [0.3, 0.4) is 0 Å². The molecule has 0 aliphatic rings. The van der Waals surface area contributed by atoms with Gasteiger partial charge in [-0.05, 0) is 57.5 Å². The van der Waals surface area contributed by atoms with Crippen molar-refractivity contribution < 1.29 is 14.4 Å². The average Bonchev–Trinajstić information content (AvgIpc) is 3.08. The van der Waals surface area contributed by atoms with Gasteiger partial charge in [0.15, 0.2) is 5.78 Å². The van der Waals surface area contributed by atoms with Crippen molar-refractivity contribution in [3.8, 4) is 0 Å². The summed E-state index contributed by atoms with van der Waals surface area (Å²) in [7, 11) is 1.69. The average molecular weight is 388 g/mol. The predicted octanol–water partition coefficient (Wildman–Crippen LogP) is 3.40. The number of nitrogens with one attached hydrogen (secondary N) is 3. The Hall–Kier alpha value is -2.47. The Morgan fingerprint density at radius 2 is 1.86 bits per heavy atom. The van der Waals surface area contributed by atoms with E-state index in [9.17, 15) is 14.4 Å². The van der Waals surface area contributed by atoms with E-state index < -0.39 is 17.7 Å². The maximum Gasteiger partial charge on any atom is 0.289 e. The van der Waals surface area contributed by atoms with Gasteiger partial charge >= 0.3 is 0 Å². The number of aromatic nitrogens is 1. The van der Waals surface area contributed by atoms with Crippen LogP contribution in [0.25, 0.3) is 10.9 Å². The number of hydrogen-bond acceptors (Lipinski definition) is 4. The summed E-state index contributed by atoms with van der Waals surface area (Å²) in [6, 6.07) is 4.89. The van der Waals surface area contributed by atoms with Crippen molar-refractivity contribution >= 4 is 28.4 Å². The van der Waals surface area contributed by atoms with Gasteiger partial charge in [-0.15, -0.1) is 0 Å². The Labute approximate surface area is 167 Å². The Kier molecular flexibility index (Phi) is 9.59. The fourth-order valence-corrected chi connectivity index (χ4v) is 3.10. The predicted molar refractivity (Wildman–Crippen MR) is 114 cm³/mol. The molecule has 0 bridgehead atoms. The molecule has 0 spiro atoms. The number of fused-ring (bicyclic) bond motifs is 1. The molecule has 0 fully saturated rings. The number of hydrogen-bond donors (Lipinski definition) is 3. The molecule has 2 aromatic rings. The fourth-order valence-electron chi connectivity index (χ4n) is 3.10. The quantitative estimate of drug-likeness (QED) is 0.454. The van der Waals surface area contributed by atoms with Crippen LogP contribution in [0.15, 0.2) is 24.4 Å². The second kappa shape index (κ2) is 11.4. The van der Waals surface area contributed by atoms with Crippen LogP contribution in [0.2, 0.25) is 0 Å². The van der Waals surface area contributed by atoms with Gasteiger partial charge in [-0.1, -0.05) is 27.2 Å². The number of H-pyrrole nitrogens is 1. The lowest BCUT2D eigenvalue weighted by Crippen LogP contribution is -2.47. The van der Waals surface area contributed by atoms with Crippen molar-refractivity contribution in [3.63, 3.8) is 0 Å². The molecule has 1 aromatic carbocycles. The van der Waals surface area contributed by atoms with E-state index in [0.717, 1.165) is 22.9 Å². The number of amides is 1. The molecule has 0 radical (unpaired) electrons.